The number of aryl methyl sites for hydroxylation is 1. The standard InChI is InChI=1S/C18H23N3O2S/c1-4-13-5-7-14(8-6-13)16(22)20-17-15(9-12-24-17)18(23)21(3)11-10-19-2/h5-9,12,19H,4,10-11H2,1-3H3,(H,20,22). The number of amides is 2. The molecule has 0 spiro atoms. The zero-order valence-electron chi connectivity index (χ0n) is 14.3. The van der Waals surface area contributed by atoms with E-state index >= 15 is 0 Å². The summed E-state index contributed by atoms with van der Waals surface area (Å²) >= 11 is 1.35. The van der Waals surface area contributed by atoms with Gasteiger partial charge < -0.3 is 15.5 Å². The predicted octanol–water partition coefficient (Wildman–Crippen LogP) is 2.85. The smallest absolute Gasteiger partial charge is 0.256 e. The second kappa shape index (κ2) is 8.61. The van der Waals surface area contributed by atoms with E-state index in [1.807, 2.05) is 36.7 Å². The Morgan fingerprint density at radius 1 is 1.17 bits per heavy atom. The van der Waals surface area contributed by atoms with E-state index in [1.54, 1.807) is 18.0 Å². The number of nitrogens with one attached hydrogen (secondary N) is 2. The molecule has 0 aliphatic heterocycles. The first-order valence-corrected chi connectivity index (χ1v) is 8.82. The summed E-state index contributed by atoms with van der Waals surface area (Å²) in [6, 6.07) is 9.26. The van der Waals surface area contributed by atoms with Gasteiger partial charge >= 0.3 is 0 Å². The van der Waals surface area contributed by atoms with Crippen LogP contribution in [0.25, 0.3) is 0 Å². The van der Waals surface area contributed by atoms with Crippen LogP contribution in [0, 0.1) is 0 Å². The first-order valence-electron chi connectivity index (χ1n) is 7.94. The summed E-state index contributed by atoms with van der Waals surface area (Å²) < 4.78 is 0. The van der Waals surface area contributed by atoms with Crippen molar-refractivity contribution in [1.29, 1.82) is 0 Å². The van der Waals surface area contributed by atoms with Crippen LogP contribution in [-0.4, -0.2) is 43.9 Å². The minimum Gasteiger partial charge on any atom is -0.340 e. The van der Waals surface area contributed by atoms with Crippen LogP contribution in [0.4, 0.5) is 5.00 Å². The molecule has 24 heavy (non-hydrogen) atoms. The molecule has 2 rings (SSSR count). The molecule has 0 aliphatic rings. The normalized spacial score (nSPS) is 10.5. The minimum absolute atomic E-state index is 0.0943. The van der Waals surface area contributed by atoms with Gasteiger partial charge in [-0.2, -0.15) is 0 Å². The van der Waals surface area contributed by atoms with E-state index in [0.717, 1.165) is 13.0 Å². The fourth-order valence-electron chi connectivity index (χ4n) is 2.23. The molecule has 0 radical (unpaired) electrons. The van der Waals surface area contributed by atoms with Crippen molar-refractivity contribution < 1.29 is 9.59 Å². The molecule has 0 aliphatic carbocycles. The molecule has 0 atom stereocenters. The minimum atomic E-state index is -0.202. The summed E-state index contributed by atoms with van der Waals surface area (Å²) in [5.74, 6) is -0.296. The number of hydrogen-bond acceptors (Lipinski definition) is 4. The number of hydrogen-bond donors (Lipinski definition) is 2. The van der Waals surface area contributed by atoms with Crippen LogP contribution in [0.5, 0.6) is 0 Å². The monoisotopic (exact) mass is 345 g/mol. The van der Waals surface area contributed by atoms with Crippen LogP contribution >= 0.6 is 11.3 Å². The average molecular weight is 345 g/mol. The molecule has 0 saturated carbocycles. The summed E-state index contributed by atoms with van der Waals surface area (Å²) in [7, 11) is 3.60. The van der Waals surface area contributed by atoms with Crippen molar-refractivity contribution in [2.45, 2.75) is 13.3 Å². The fourth-order valence-corrected chi connectivity index (χ4v) is 3.00. The molecule has 0 bridgehead atoms. The second-order valence-corrected chi connectivity index (χ2v) is 6.41. The van der Waals surface area contributed by atoms with Gasteiger partial charge in [-0.1, -0.05) is 19.1 Å². The van der Waals surface area contributed by atoms with E-state index in [1.165, 1.54) is 16.9 Å². The summed E-state index contributed by atoms with van der Waals surface area (Å²) in [5, 5.41) is 8.27. The van der Waals surface area contributed by atoms with Crippen molar-refractivity contribution in [3.05, 3.63) is 52.4 Å². The predicted molar refractivity (Wildman–Crippen MR) is 99.0 cm³/mol. The molecule has 2 N–H and O–H groups in total. The molecule has 1 aromatic heterocycles. The second-order valence-electron chi connectivity index (χ2n) is 5.50. The maximum absolute atomic E-state index is 12.5. The number of anilines is 1. The highest BCUT2D eigenvalue weighted by Gasteiger charge is 2.18. The Morgan fingerprint density at radius 2 is 1.88 bits per heavy atom. The largest absolute Gasteiger partial charge is 0.340 e. The van der Waals surface area contributed by atoms with Gasteiger partial charge in [-0.15, -0.1) is 11.3 Å². The topological polar surface area (TPSA) is 61.4 Å². The number of likely N-dealkylation sites (N-methyl/N-ethyl adjacent to an activating group) is 2. The Balaban J connectivity index is 2.09. The van der Waals surface area contributed by atoms with E-state index < -0.39 is 0 Å². The van der Waals surface area contributed by atoms with Gasteiger partial charge in [-0.3, -0.25) is 9.59 Å². The first-order chi connectivity index (χ1) is 11.6. The van der Waals surface area contributed by atoms with E-state index in [9.17, 15) is 9.59 Å². The van der Waals surface area contributed by atoms with Crippen molar-refractivity contribution in [3.8, 4) is 0 Å². The zero-order valence-corrected chi connectivity index (χ0v) is 15.1. The van der Waals surface area contributed by atoms with Crippen molar-refractivity contribution in [1.82, 2.24) is 10.2 Å². The lowest BCUT2D eigenvalue weighted by atomic mass is 10.1. The number of thiophene rings is 1. The Bertz CT molecular complexity index is 695. The molecule has 1 heterocycles. The lowest BCUT2D eigenvalue weighted by Gasteiger charge is -2.17. The number of carbonyl (C=O) groups is 2. The molecule has 2 aromatic rings. The van der Waals surface area contributed by atoms with Crippen LogP contribution in [0.2, 0.25) is 0 Å². The molecule has 5 nitrogen and oxygen atoms in total. The van der Waals surface area contributed by atoms with Crippen molar-refractivity contribution in [2.24, 2.45) is 0 Å². The van der Waals surface area contributed by atoms with Gasteiger partial charge in [-0.25, -0.2) is 0 Å². The molecule has 0 unspecified atom stereocenters. The molecule has 128 valence electrons. The lowest BCUT2D eigenvalue weighted by molar-refractivity contribution is 0.0798. The molecule has 1 aromatic carbocycles. The zero-order chi connectivity index (χ0) is 17.5. The molecule has 0 saturated heterocycles. The Morgan fingerprint density at radius 3 is 2.50 bits per heavy atom. The first kappa shape index (κ1) is 18.2. The maximum Gasteiger partial charge on any atom is 0.256 e. The summed E-state index contributed by atoms with van der Waals surface area (Å²) in [5.41, 5.74) is 2.30. The third kappa shape index (κ3) is 4.43. The average Bonchev–Trinajstić information content (AvgIpc) is 3.06. The number of nitrogens with zero attached hydrogens (tertiary/aromatic N) is 1. The van der Waals surface area contributed by atoms with Crippen LogP contribution in [0.3, 0.4) is 0 Å². The number of rotatable bonds is 7. The molecular weight excluding hydrogens is 322 g/mol. The summed E-state index contributed by atoms with van der Waals surface area (Å²) in [6.45, 7) is 3.40. The summed E-state index contributed by atoms with van der Waals surface area (Å²) in [4.78, 5) is 26.5. The highest BCUT2D eigenvalue weighted by molar-refractivity contribution is 7.14. The summed E-state index contributed by atoms with van der Waals surface area (Å²) in [6.07, 6.45) is 0.935. The maximum atomic E-state index is 12.5. The van der Waals surface area contributed by atoms with Crippen molar-refractivity contribution >= 4 is 28.2 Å². The molecular formula is C18H23N3O2S. The van der Waals surface area contributed by atoms with Crippen LogP contribution in [0.15, 0.2) is 35.7 Å². The van der Waals surface area contributed by atoms with Crippen LogP contribution in [-0.2, 0) is 6.42 Å². The van der Waals surface area contributed by atoms with Gasteiger partial charge in [0.15, 0.2) is 0 Å². The van der Waals surface area contributed by atoms with E-state index in [0.29, 0.717) is 22.7 Å². The van der Waals surface area contributed by atoms with Gasteiger partial charge in [0.25, 0.3) is 11.8 Å². The third-order valence-electron chi connectivity index (χ3n) is 3.79. The van der Waals surface area contributed by atoms with Crippen molar-refractivity contribution in [3.63, 3.8) is 0 Å². The molecule has 2 amide bonds. The third-order valence-corrected chi connectivity index (χ3v) is 4.62. The van der Waals surface area contributed by atoms with Gasteiger partial charge in [-0.05, 0) is 42.6 Å². The highest BCUT2D eigenvalue weighted by atomic mass is 32.1. The van der Waals surface area contributed by atoms with Gasteiger partial charge in [0.2, 0.25) is 0 Å². The van der Waals surface area contributed by atoms with E-state index in [-0.39, 0.29) is 11.8 Å². The SMILES string of the molecule is CCc1ccc(C(=O)Nc2sccc2C(=O)N(C)CCNC)cc1. The van der Waals surface area contributed by atoms with Crippen LogP contribution in [0.1, 0.15) is 33.2 Å². The number of benzene rings is 1. The fraction of sp³-hybridized carbons (Fsp3) is 0.333. The van der Waals surface area contributed by atoms with Gasteiger partial charge in [0.05, 0.1) is 5.56 Å². The number of carbonyl (C=O) groups excluding carboxylic acids is 2. The van der Waals surface area contributed by atoms with E-state index in [2.05, 4.69) is 17.6 Å². The van der Waals surface area contributed by atoms with Crippen molar-refractivity contribution in [2.75, 3.05) is 32.5 Å². The quantitative estimate of drug-likeness (QED) is 0.811. The van der Waals surface area contributed by atoms with Crippen LogP contribution < -0.4 is 10.6 Å². The lowest BCUT2D eigenvalue weighted by Crippen LogP contribution is -2.33. The van der Waals surface area contributed by atoms with Gasteiger partial charge in [0, 0.05) is 25.7 Å². The Labute approximate surface area is 146 Å². The molecule has 0 fully saturated rings. The van der Waals surface area contributed by atoms with E-state index in [4.69, 9.17) is 0 Å². The highest BCUT2D eigenvalue weighted by Crippen LogP contribution is 2.25. The Kier molecular flexibility index (Phi) is 6.52. The molecule has 6 heteroatoms. The van der Waals surface area contributed by atoms with Gasteiger partial charge in [0.1, 0.15) is 5.00 Å². The Hall–Kier alpha value is -2.18.